The summed E-state index contributed by atoms with van der Waals surface area (Å²) in [5.74, 6) is 0.379. The molecule has 0 bridgehead atoms. The molecule has 37 heavy (non-hydrogen) atoms. The van der Waals surface area contributed by atoms with Crippen LogP contribution in [0.25, 0.3) is 10.9 Å². The van der Waals surface area contributed by atoms with E-state index in [2.05, 4.69) is 25.3 Å². The van der Waals surface area contributed by atoms with Crippen molar-refractivity contribution in [2.45, 2.75) is 54.0 Å². The number of methoxy groups -OCH3 is 2. The Labute approximate surface area is 224 Å². The van der Waals surface area contributed by atoms with Crippen LogP contribution < -0.4 is 4.74 Å². The fourth-order valence-corrected chi connectivity index (χ4v) is 4.56. The summed E-state index contributed by atoms with van der Waals surface area (Å²) in [6.07, 6.45) is 0.699. The van der Waals surface area contributed by atoms with Crippen LogP contribution in [0.15, 0.2) is 42.5 Å². The fraction of sp³-hybridized carbons (Fsp3) is 0.467. The highest BCUT2D eigenvalue weighted by atomic mass is 35.5. The first kappa shape index (κ1) is 28.7. The zero-order valence-corrected chi connectivity index (χ0v) is 23.7. The lowest BCUT2D eigenvalue weighted by molar-refractivity contribution is -0.155. The summed E-state index contributed by atoms with van der Waals surface area (Å²) >= 11 is 6.13. The number of esters is 1. The van der Waals surface area contributed by atoms with E-state index in [9.17, 15) is 9.59 Å². The topological polar surface area (TPSA) is 66.8 Å². The summed E-state index contributed by atoms with van der Waals surface area (Å²) in [6.45, 7) is 10.9. The minimum absolute atomic E-state index is 0.0409. The Morgan fingerprint density at radius 2 is 1.62 bits per heavy atom. The zero-order chi connectivity index (χ0) is 27.4. The van der Waals surface area contributed by atoms with Gasteiger partial charge in [-0.15, -0.1) is 0 Å². The van der Waals surface area contributed by atoms with E-state index in [1.54, 1.807) is 14.2 Å². The van der Waals surface area contributed by atoms with Gasteiger partial charge in [-0.05, 0) is 55.2 Å². The number of aromatic nitrogens is 1. The molecular formula is C30H38ClNO5. The minimum atomic E-state index is -0.874. The molecule has 2 aromatic carbocycles. The van der Waals surface area contributed by atoms with E-state index in [0.29, 0.717) is 42.3 Å². The number of hydrogen-bond donors (Lipinski definition) is 0. The summed E-state index contributed by atoms with van der Waals surface area (Å²) < 4.78 is 18.2. The molecule has 0 fully saturated rings. The molecule has 0 aliphatic rings. The Morgan fingerprint density at radius 1 is 0.946 bits per heavy atom. The first-order valence-electron chi connectivity index (χ1n) is 12.5. The maximum atomic E-state index is 13.9. The standard InChI is InChI=1S/C30H38ClNO5/c1-29(2,3)18-26(33)27-23-16-22(36-7)12-13-24(23)32(19-20-8-10-21(31)11-9-20)25(27)17-30(4,5)28(34)37-15-14-35-6/h8-13,16H,14-15,17-19H2,1-7H3. The Balaban J connectivity index is 2.21. The van der Waals surface area contributed by atoms with E-state index >= 15 is 0 Å². The summed E-state index contributed by atoms with van der Waals surface area (Å²) in [4.78, 5) is 26.9. The predicted octanol–water partition coefficient (Wildman–Crippen LogP) is 6.73. The van der Waals surface area contributed by atoms with Crippen molar-refractivity contribution in [1.82, 2.24) is 4.57 Å². The number of halogens is 1. The normalized spacial score (nSPS) is 12.1. The third-order valence-corrected chi connectivity index (χ3v) is 6.54. The minimum Gasteiger partial charge on any atom is -0.497 e. The molecule has 0 spiro atoms. The number of fused-ring (bicyclic) bond motifs is 1. The second-order valence-corrected chi connectivity index (χ2v) is 11.7. The Kier molecular flexibility index (Phi) is 9.09. The van der Waals surface area contributed by atoms with Crippen LogP contribution >= 0.6 is 11.6 Å². The van der Waals surface area contributed by atoms with Gasteiger partial charge in [0.1, 0.15) is 12.4 Å². The highest BCUT2D eigenvalue weighted by Gasteiger charge is 2.35. The average Bonchev–Trinajstić information content (AvgIpc) is 3.10. The molecule has 0 N–H and O–H groups in total. The number of ketones is 1. The second kappa shape index (κ2) is 11.7. The molecule has 1 aromatic heterocycles. The van der Waals surface area contributed by atoms with Gasteiger partial charge in [-0.1, -0.05) is 44.5 Å². The van der Waals surface area contributed by atoms with Crippen molar-refractivity contribution >= 4 is 34.3 Å². The number of carbonyl (C=O) groups excluding carboxylic acids is 2. The molecule has 7 heteroatoms. The van der Waals surface area contributed by atoms with Gasteiger partial charge in [-0.25, -0.2) is 0 Å². The van der Waals surface area contributed by atoms with Crippen LogP contribution in [-0.4, -0.2) is 43.8 Å². The van der Waals surface area contributed by atoms with Crippen LogP contribution in [0.2, 0.25) is 5.02 Å². The highest BCUT2D eigenvalue weighted by Crippen LogP contribution is 2.37. The molecule has 1 heterocycles. The maximum absolute atomic E-state index is 13.9. The number of ether oxygens (including phenoxy) is 3. The van der Waals surface area contributed by atoms with Gasteiger partial charge < -0.3 is 18.8 Å². The first-order chi connectivity index (χ1) is 17.4. The van der Waals surface area contributed by atoms with Crippen LogP contribution in [0.1, 0.15) is 62.7 Å². The van der Waals surface area contributed by atoms with Gasteiger partial charge >= 0.3 is 5.97 Å². The monoisotopic (exact) mass is 527 g/mol. The Bertz CT molecular complexity index is 1250. The summed E-state index contributed by atoms with van der Waals surface area (Å²) in [7, 11) is 3.18. The van der Waals surface area contributed by atoms with Gasteiger partial charge in [0, 0.05) is 53.7 Å². The van der Waals surface area contributed by atoms with Gasteiger partial charge in [-0.3, -0.25) is 9.59 Å². The quantitative estimate of drug-likeness (QED) is 0.157. The van der Waals surface area contributed by atoms with Crippen LogP contribution in [-0.2, 0) is 27.2 Å². The molecule has 0 aliphatic heterocycles. The Hall–Kier alpha value is -2.83. The molecule has 0 saturated carbocycles. The maximum Gasteiger partial charge on any atom is 0.311 e. The van der Waals surface area contributed by atoms with Crippen molar-refractivity contribution < 1.29 is 23.8 Å². The SMILES string of the molecule is COCCOC(=O)C(C)(C)Cc1c(C(=O)CC(C)(C)C)c2cc(OC)ccc2n1Cc1ccc(Cl)cc1. The molecule has 0 aliphatic carbocycles. The highest BCUT2D eigenvalue weighted by molar-refractivity contribution is 6.30. The number of carbonyl (C=O) groups is 2. The summed E-state index contributed by atoms with van der Waals surface area (Å²) in [5.41, 5.74) is 2.31. The van der Waals surface area contributed by atoms with Crippen molar-refractivity contribution in [3.05, 3.63) is 64.3 Å². The molecule has 0 radical (unpaired) electrons. The van der Waals surface area contributed by atoms with E-state index in [-0.39, 0.29) is 23.8 Å². The molecule has 3 aromatic rings. The van der Waals surface area contributed by atoms with Gasteiger partial charge in [0.25, 0.3) is 0 Å². The number of hydrogen-bond acceptors (Lipinski definition) is 5. The third-order valence-electron chi connectivity index (χ3n) is 6.28. The van der Waals surface area contributed by atoms with Gasteiger partial charge in [0.2, 0.25) is 0 Å². The van der Waals surface area contributed by atoms with Crippen LogP contribution in [0.4, 0.5) is 0 Å². The van der Waals surface area contributed by atoms with Crippen molar-refractivity contribution in [2.75, 3.05) is 27.4 Å². The van der Waals surface area contributed by atoms with Crippen molar-refractivity contribution in [1.29, 1.82) is 0 Å². The van der Waals surface area contributed by atoms with E-state index in [0.717, 1.165) is 22.2 Å². The number of Topliss-reactive ketones (excluding diaryl/α,β-unsaturated/α-hetero) is 1. The van der Waals surface area contributed by atoms with E-state index < -0.39 is 5.41 Å². The second-order valence-electron chi connectivity index (χ2n) is 11.3. The smallest absolute Gasteiger partial charge is 0.311 e. The number of benzene rings is 2. The molecule has 6 nitrogen and oxygen atoms in total. The molecule has 0 unspecified atom stereocenters. The van der Waals surface area contributed by atoms with Gasteiger partial charge in [0.05, 0.1) is 19.1 Å². The molecule has 0 amide bonds. The molecule has 200 valence electrons. The summed E-state index contributed by atoms with van der Waals surface area (Å²) in [5, 5.41) is 1.48. The van der Waals surface area contributed by atoms with Gasteiger partial charge in [0.15, 0.2) is 5.78 Å². The predicted molar refractivity (Wildman–Crippen MR) is 148 cm³/mol. The number of nitrogens with zero attached hydrogens (tertiary/aromatic N) is 1. The van der Waals surface area contributed by atoms with Crippen molar-refractivity contribution in [3.63, 3.8) is 0 Å². The Morgan fingerprint density at radius 3 is 2.22 bits per heavy atom. The van der Waals surface area contributed by atoms with E-state index in [1.807, 2.05) is 56.3 Å². The lowest BCUT2D eigenvalue weighted by atomic mass is 9.83. The fourth-order valence-electron chi connectivity index (χ4n) is 4.44. The summed E-state index contributed by atoms with van der Waals surface area (Å²) in [6, 6.07) is 13.4. The van der Waals surface area contributed by atoms with Crippen molar-refractivity contribution in [3.8, 4) is 5.75 Å². The van der Waals surface area contributed by atoms with Gasteiger partial charge in [-0.2, -0.15) is 0 Å². The molecular weight excluding hydrogens is 490 g/mol. The van der Waals surface area contributed by atoms with E-state index in [1.165, 1.54) is 0 Å². The van der Waals surface area contributed by atoms with Crippen molar-refractivity contribution in [2.24, 2.45) is 10.8 Å². The van der Waals surface area contributed by atoms with Crippen LogP contribution in [0.5, 0.6) is 5.75 Å². The average molecular weight is 528 g/mol. The molecule has 3 rings (SSSR count). The zero-order valence-electron chi connectivity index (χ0n) is 22.9. The van der Waals surface area contributed by atoms with Crippen LogP contribution in [0, 0.1) is 10.8 Å². The number of rotatable bonds is 11. The largest absolute Gasteiger partial charge is 0.497 e. The van der Waals surface area contributed by atoms with E-state index in [4.69, 9.17) is 25.8 Å². The lowest BCUT2D eigenvalue weighted by Crippen LogP contribution is -2.31. The third kappa shape index (κ3) is 7.14. The first-order valence-corrected chi connectivity index (χ1v) is 12.9. The molecule has 0 atom stereocenters. The van der Waals surface area contributed by atoms with Crippen LogP contribution in [0.3, 0.4) is 0 Å². The lowest BCUT2D eigenvalue weighted by Gasteiger charge is -2.25. The molecule has 0 saturated heterocycles.